The standard InChI is InChI=1S/C14H15NO/c1-10-9-11-5-2-3-6-12(11)15-14(10)13-7-4-8-16-13/h2-3,5-6,9,13H,4,7-8H2,1H3. The van der Waals surface area contributed by atoms with Crippen molar-refractivity contribution in [3.8, 4) is 0 Å². The van der Waals surface area contributed by atoms with Crippen LogP contribution in [0, 0.1) is 6.92 Å². The summed E-state index contributed by atoms with van der Waals surface area (Å²) in [4.78, 5) is 4.73. The van der Waals surface area contributed by atoms with Crippen LogP contribution in [0.5, 0.6) is 0 Å². The van der Waals surface area contributed by atoms with Crippen LogP contribution >= 0.6 is 0 Å². The molecule has 1 fully saturated rings. The summed E-state index contributed by atoms with van der Waals surface area (Å²) in [6, 6.07) is 10.5. The maximum absolute atomic E-state index is 5.71. The topological polar surface area (TPSA) is 22.1 Å². The Labute approximate surface area is 95.3 Å². The molecule has 0 saturated carbocycles. The number of pyridine rings is 1. The van der Waals surface area contributed by atoms with Gasteiger partial charge in [-0.1, -0.05) is 18.2 Å². The van der Waals surface area contributed by atoms with Crippen LogP contribution in [0.15, 0.2) is 30.3 Å². The summed E-state index contributed by atoms with van der Waals surface area (Å²) in [6.07, 6.45) is 2.47. The Bertz CT molecular complexity index is 515. The number of para-hydroxylation sites is 1. The van der Waals surface area contributed by atoms with Gasteiger partial charge in [-0.25, -0.2) is 4.98 Å². The van der Waals surface area contributed by atoms with Gasteiger partial charge in [0.2, 0.25) is 0 Å². The largest absolute Gasteiger partial charge is 0.372 e. The number of nitrogens with zero attached hydrogens (tertiary/aromatic N) is 1. The number of ether oxygens (including phenoxy) is 1. The molecule has 1 aliphatic heterocycles. The van der Waals surface area contributed by atoms with Gasteiger partial charge < -0.3 is 4.74 Å². The molecule has 82 valence electrons. The molecule has 1 aromatic heterocycles. The zero-order valence-electron chi connectivity index (χ0n) is 9.44. The van der Waals surface area contributed by atoms with Gasteiger partial charge in [-0.15, -0.1) is 0 Å². The van der Waals surface area contributed by atoms with E-state index in [-0.39, 0.29) is 6.10 Å². The number of benzene rings is 1. The highest BCUT2D eigenvalue weighted by molar-refractivity contribution is 5.79. The fraction of sp³-hybridized carbons (Fsp3) is 0.357. The lowest BCUT2D eigenvalue weighted by atomic mass is 10.1. The minimum atomic E-state index is 0.213. The van der Waals surface area contributed by atoms with Crippen molar-refractivity contribution in [1.82, 2.24) is 4.98 Å². The van der Waals surface area contributed by atoms with Gasteiger partial charge in [0.05, 0.1) is 17.3 Å². The molecule has 1 atom stereocenters. The van der Waals surface area contributed by atoms with E-state index in [0.717, 1.165) is 30.7 Å². The highest BCUT2D eigenvalue weighted by atomic mass is 16.5. The third-order valence-electron chi connectivity index (χ3n) is 3.19. The van der Waals surface area contributed by atoms with Crippen LogP contribution in [0.2, 0.25) is 0 Å². The van der Waals surface area contributed by atoms with E-state index in [1.807, 2.05) is 6.07 Å². The Kier molecular flexibility index (Phi) is 2.37. The summed E-state index contributed by atoms with van der Waals surface area (Å²) in [5, 5.41) is 1.21. The molecule has 0 amide bonds. The molecule has 0 aliphatic carbocycles. The summed E-state index contributed by atoms with van der Waals surface area (Å²) >= 11 is 0. The van der Waals surface area contributed by atoms with Crippen LogP contribution in [-0.2, 0) is 4.74 Å². The van der Waals surface area contributed by atoms with Crippen molar-refractivity contribution in [2.75, 3.05) is 6.61 Å². The summed E-state index contributed by atoms with van der Waals surface area (Å²) in [7, 11) is 0. The summed E-state index contributed by atoms with van der Waals surface area (Å²) in [5.41, 5.74) is 3.43. The van der Waals surface area contributed by atoms with Crippen molar-refractivity contribution in [2.45, 2.75) is 25.9 Å². The number of hydrogen-bond donors (Lipinski definition) is 0. The van der Waals surface area contributed by atoms with E-state index in [4.69, 9.17) is 9.72 Å². The van der Waals surface area contributed by atoms with Crippen molar-refractivity contribution in [2.24, 2.45) is 0 Å². The highest BCUT2D eigenvalue weighted by Crippen LogP contribution is 2.30. The van der Waals surface area contributed by atoms with Crippen molar-refractivity contribution >= 4 is 10.9 Å². The van der Waals surface area contributed by atoms with Crippen LogP contribution in [0.3, 0.4) is 0 Å². The molecule has 2 aromatic rings. The van der Waals surface area contributed by atoms with Gasteiger partial charge in [-0.3, -0.25) is 0 Å². The Morgan fingerprint density at radius 1 is 1.31 bits per heavy atom. The number of aryl methyl sites for hydroxylation is 1. The van der Waals surface area contributed by atoms with Gasteiger partial charge in [0, 0.05) is 12.0 Å². The van der Waals surface area contributed by atoms with E-state index in [0.29, 0.717) is 0 Å². The van der Waals surface area contributed by atoms with Gasteiger partial charge in [-0.2, -0.15) is 0 Å². The first-order chi connectivity index (χ1) is 7.84. The molecular weight excluding hydrogens is 198 g/mol. The first-order valence-corrected chi connectivity index (χ1v) is 5.82. The fourth-order valence-electron chi connectivity index (χ4n) is 2.36. The SMILES string of the molecule is Cc1cc2ccccc2nc1C1CCCO1. The molecule has 2 heteroatoms. The zero-order valence-corrected chi connectivity index (χ0v) is 9.44. The molecule has 0 N–H and O–H groups in total. The molecule has 2 heterocycles. The third-order valence-corrected chi connectivity index (χ3v) is 3.19. The molecule has 16 heavy (non-hydrogen) atoms. The lowest BCUT2D eigenvalue weighted by Gasteiger charge is -2.12. The molecule has 1 saturated heterocycles. The van der Waals surface area contributed by atoms with Gasteiger partial charge >= 0.3 is 0 Å². The lowest BCUT2D eigenvalue weighted by Crippen LogP contribution is -2.02. The monoisotopic (exact) mass is 213 g/mol. The molecule has 0 bridgehead atoms. The number of fused-ring (bicyclic) bond motifs is 1. The van der Waals surface area contributed by atoms with Gasteiger partial charge in [0.1, 0.15) is 0 Å². The average molecular weight is 213 g/mol. The lowest BCUT2D eigenvalue weighted by molar-refractivity contribution is 0.108. The Morgan fingerprint density at radius 2 is 2.19 bits per heavy atom. The molecule has 0 spiro atoms. The quantitative estimate of drug-likeness (QED) is 0.724. The van der Waals surface area contributed by atoms with Crippen molar-refractivity contribution in [1.29, 1.82) is 0 Å². The Hall–Kier alpha value is -1.41. The average Bonchev–Trinajstić information content (AvgIpc) is 2.81. The van der Waals surface area contributed by atoms with Crippen LogP contribution in [0.4, 0.5) is 0 Å². The number of rotatable bonds is 1. The molecule has 1 aromatic carbocycles. The van der Waals surface area contributed by atoms with Gasteiger partial charge in [-0.05, 0) is 37.5 Å². The minimum absolute atomic E-state index is 0.213. The maximum Gasteiger partial charge on any atom is 0.0998 e. The van der Waals surface area contributed by atoms with Crippen molar-refractivity contribution in [3.05, 3.63) is 41.6 Å². The molecule has 0 radical (unpaired) electrons. The number of aromatic nitrogens is 1. The second kappa shape index (κ2) is 3.87. The van der Waals surface area contributed by atoms with E-state index in [9.17, 15) is 0 Å². The molecule has 1 unspecified atom stereocenters. The normalized spacial score (nSPS) is 20.4. The Morgan fingerprint density at radius 3 is 3.00 bits per heavy atom. The van der Waals surface area contributed by atoms with Crippen LogP contribution in [0.1, 0.15) is 30.2 Å². The van der Waals surface area contributed by atoms with Crippen LogP contribution in [-0.4, -0.2) is 11.6 Å². The zero-order chi connectivity index (χ0) is 11.0. The molecule has 1 aliphatic rings. The summed E-state index contributed by atoms with van der Waals surface area (Å²) in [6.45, 7) is 3.00. The smallest absolute Gasteiger partial charge is 0.0998 e. The second-order valence-electron chi connectivity index (χ2n) is 4.38. The van der Waals surface area contributed by atoms with Crippen molar-refractivity contribution < 1.29 is 4.74 Å². The predicted molar refractivity (Wildman–Crippen MR) is 64.4 cm³/mol. The first kappa shape index (κ1) is 9.79. The van der Waals surface area contributed by atoms with E-state index in [2.05, 4.69) is 31.2 Å². The third kappa shape index (κ3) is 1.59. The van der Waals surface area contributed by atoms with E-state index < -0.39 is 0 Å². The first-order valence-electron chi connectivity index (χ1n) is 5.82. The summed E-state index contributed by atoms with van der Waals surface area (Å²) < 4.78 is 5.71. The predicted octanol–water partition coefficient (Wildman–Crippen LogP) is 3.39. The van der Waals surface area contributed by atoms with Gasteiger partial charge in [0.25, 0.3) is 0 Å². The highest BCUT2D eigenvalue weighted by Gasteiger charge is 2.21. The maximum atomic E-state index is 5.71. The van der Waals surface area contributed by atoms with Crippen molar-refractivity contribution in [3.63, 3.8) is 0 Å². The molecule has 2 nitrogen and oxygen atoms in total. The minimum Gasteiger partial charge on any atom is -0.372 e. The van der Waals surface area contributed by atoms with E-state index >= 15 is 0 Å². The van der Waals surface area contributed by atoms with E-state index in [1.54, 1.807) is 0 Å². The second-order valence-corrected chi connectivity index (χ2v) is 4.38. The Balaban J connectivity index is 2.13. The van der Waals surface area contributed by atoms with Crippen LogP contribution in [0.25, 0.3) is 10.9 Å². The molecule has 3 rings (SSSR count). The summed E-state index contributed by atoms with van der Waals surface area (Å²) in [5.74, 6) is 0. The van der Waals surface area contributed by atoms with Crippen LogP contribution < -0.4 is 0 Å². The molecular formula is C14H15NO. The van der Waals surface area contributed by atoms with Gasteiger partial charge in [0.15, 0.2) is 0 Å². The van der Waals surface area contributed by atoms with E-state index in [1.165, 1.54) is 10.9 Å². The fourth-order valence-corrected chi connectivity index (χ4v) is 2.36. The number of hydrogen-bond acceptors (Lipinski definition) is 2.